The van der Waals surface area contributed by atoms with Crippen LogP contribution < -0.4 is 4.90 Å². The first-order valence-electron chi connectivity index (χ1n) is 9.52. The third kappa shape index (κ3) is 4.94. The lowest BCUT2D eigenvalue weighted by atomic mass is 10.1. The molecule has 0 aliphatic heterocycles. The molecule has 1 nitrogen and oxygen atoms in total. The average molecular weight is 412 g/mol. The number of benzene rings is 4. The summed E-state index contributed by atoms with van der Waals surface area (Å²) in [7, 11) is 0. The van der Waals surface area contributed by atoms with Crippen LogP contribution in [0.3, 0.4) is 0 Å². The molecule has 0 fully saturated rings. The quantitative estimate of drug-likeness (QED) is 0.298. The van der Waals surface area contributed by atoms with Gasteiger partial charge < -0.3 is 4.90 Å². The minimum absolute atomic E-state index is 0.890. The standard InChI is InChI=1S/C26H21NS2/c28-26(29-20-21-10-4-1-5-11-21)22-16-18-25(19-17-22)27(23-12-6-2-7-13-23)24-14-8-3-9-15-24/h1-19H,20H2. The molecule has 142 valence electrons. The van der Waals surface area contributed by atoms with Gasteiger partial charge in [-0.2, -0.15) is 0 Å². The van der Waals surface area contributed by atoms with Gasteiger partial charge in [0, 0.05) is 22.8 Å². The molecule has 29 heavy (non-hydrogen) atoms. The van der Waals surface area contributed by atoms with Crippen LogP contribution in [0.25, 0.3) is 0 Å². The van der Waals surface area contributed by atoms with Gasteiger partial charge in [-0.15, -0.1) is 11.8 Å². The molecule has 4 aromatic rings. The predicted molar refractivity (Wildman–Crippen MR) is 131 cm³/mol. The van der Waals surface area contributed by atoms with Gasteiger partial charge in [-0.05, 0) is 47.5 Å². The molecule has 0 amide bonds. The monoisotopic (exact) mass is 411 g/mol. The van der Waals surface area contributed by atoms with Crippen LogP contribution in [0.15, 0.2) is 115 Å². The van der Waals surface area contributed by atoms with Gasteiger partial charge in [0.05, 0.1) is 4.20 Å². The maximum absolute atomic E-state index is 5.66. The molecule has 0 aromatic heterocycles. The topological polar surface area (TPSA) is 3.24 Å². The molecule has 0 bridgehead atoms. The highest BCUT2D eigenvalue weighted by Crippen LogP contribution is 2.34. The molecule has 4 rings (SSSR count). The Balaban J connectivity index is 1.55. The highest BCUT2D eigenvalue weighted by molar-refractivity contribution is 8.23. The van der Waals surface area contributed by atoms with Gasteiger partial charge in [0.25, 0.3) is 0 Å². The lowest BCUT2D eigenvalue weighted by Crippen LogP contribution is -2.09. The summed E-state index contributed by atoms with van der Waals surface area (Å²) in [5.74, 6) is 0.890. The summed E-state index contributed by atoms with van der Waals surface area (Å²) in [4.78, 5) is 2.25. The molecular formula is C26H21NS2. The molecule has 0 saturated carbocycles. The first-order valence-corrected chi connectivity index (χ1v) is 10.9. The van der Waals surface area contributed by atoms with Crippen LogP contribution in [0.2, 0.25) is 0 Å². The smallest absolute Gasteiger partial charge is 0.0781 e. The summed E-state index contributed by atoms with van der Waals surface area (Å²) >= 11 is 7.37. The van der Waals surface area contributed by atoms with E-state index in [-0.39, 0.29) is 0 Å². The number of rotatable bonds is 6. The van der Waals surface area contributed by atoms with Crippen LogP contribution in [0.1, 0.15) is 11.1 Å². The van der Waals surface area contributed by atoms with E-state index < -0.39 is 0 Å². The zero-order valence-electron chi connectivity index (χ0n) is 15.9. The third-order valence-corrected chi connectivity index (χ3v) is 6.17. The van der Waals surface area contributed by atoms with Crippen LogP contribution in [-0.4, -0.2) is 4.20 Å². The maximum Gasteiger partial charge on any atom is 0.0781 e. The van der Waals surface area contributed by atoms with E-state index in [1.54, 1.807) is 11.8 Å². The summed E-state index contributed by atoms with van der Waals surface area (Å²) < 4.78 is 0.923. The molecule has 0 heterocycles. The lowest BCUT2D eigenvalue weighted by Gasteiger charge is -2.25. The summed E-state index contributed by atoms with van der Waals surface area (Å²) in [6.45, 7) is 0. The van der Waals surface area contributed by atoms with E-state index in [2.05, 4.69) is 102 Å². The Morgan fingerprint density at radius 2 is 1.03 bits per heavy atom. The van der Waals surface area contributed by atoms with Gasteiger partial charge in [-0.25, -0.2) is 0 Å². The van der Waals surface area contributed by atoms with Crippen LogP contribution in [0.4, 0.5) is 17.1 Å². The summed E-state index contributed by atoms with van der Waals surface area (Å²) in [5.41, 5.74) is 5.75. The van der Waals surface area contributed by atoms with E-state index in [1.807, 2.05) is 18.2 Å². The number of anilines is 3. The molecule has 3 heteroatoms. The van der Waals surface area contributed by atoms with Crippen LogP contribution in [0.5, 0.6) is 0 Å². The van der Waals surface area contributed by atoms with E-state index in [9.17, 15) is 0 Å². The van der Waals surface area contributed by atoms with Gasteiger partial charge in [-0.1, -0.05) is 91.1 Å². The van der Waals surface area contributed by atoms with E-state index >= 15 is 0 Å². The van der Waals surface area contributed by atoms with Gasteiger partial charge >= 0.3 is 0 Å². The second-order valence-electron chi connectivity index (χ2n) is 6.62. The molecule has 0 atom stereocenters. The highest BCUT2D eigenvalue weighted by atomic mass is 32.2. The number of nitrogens with zero attached hydrogens (tertiary/aromatic N) is 1. The van der Waals surface area contributed by atoms with Crippen LogP contribution >= 0.6 is 24.0 Å². The second-order valence-corrected chi connectivity index (χ2v) is 8.27. The molecule has 0 aliphatic rings. The van der Waals surface area contributed by atoms with Crippen molar-refractivity contribution in [1.29, 1.82) is 0 Å². The van der Waals surface area contributed by atoms with Crippen molar-refractivity contribution in [1.82, 2.24) is 0 Å². The third-order valence-electron chi connectivity index (χ3n) is 4.60. The Labute approximate surface area is 182 Å². The van der Waals surface area contributed by atoms with Crippen molar-refractivity contribution in [2.24, 2.45) is 0 Å². The zero-order valence-corrected chi connectivity index (χ0v) is 17.6. The fourth-order valence-electron chi connectivity index (χ4n) is 3.15. The SMILES string of the molecule is S=C(SCc1ccccc1)c1ccc(N(c2ccccc2)c2ccccc2)cc1. The molecule has 0 aliphatic carbocycles. The van der Waals surface area contributed by atoms with Crippen molar-refractivity contribution in [2.75, 3.05) is 4.90 Å². The number of para-hydroxylation sites is 2. The van der Waals surface area contributed by atoms with E-state index in [0.29, 0.717) is 0 Å². The molecular weight excluding hydrogens is 390 g/mol. The number of thiocarbonyl (C=S) groups is 1. The van der Waals surface area contributed by atoms with Gasteiger partial charge in [0.1, 0.15) is 0 Å². The average Bonchev–Trinajstić information content (AvgIpc) is 2.80. The second kappa shape index (κ2) is 9.55. The minimum Gasteiger partial charge on any atom is -0.311 e. The number of hydrogen-bond acceptors (Lipinski definition) is 3. The first-order chi connectivity index (χ1) is 14.3. The lowest BCUT2D eigenvalue weighted by molar-refractivity contribution is 1.28. The normalized spacial score (nSPS) is 10.5. The van der Waals surface area contributed by atoms with Crippen LogP contribution in [-0.2, 0) is 5.75 Å². The van der Waals surface area contributed by atoms with E-state index in [4.69, 9.17) is 12.2 Å². The van der Waals surface area contributed by atoms with Gasteiger partial charge in [0.2, 0.25) is 0 Å². The molecule has 0 spiro atoms. The molecule has 0 radical (unpaired) electrons. The zero-order chi connectivity index (χ0) is 19.9. The fourth-order valence-corrected chi connectivity index (χ4v) is 4.26. The molecule has 0 saturated heterocycles. The number of hydrogen-bond donors (Lipinski definition) is 0. The molecule has 0 unspecified atom stereocenters. The van der Waals surface area contributed by atoms with Crippen molar-refractivity contribution >= 4 is 45.2 Å². The summed E-state index contributed by atoms with van der Waals surface area (Å²) in [6.07, 6.45) is 0. The maximum atomic E-state index is 5.66. The highest BCUT2D eigenvalue weighted by Gasteiger charge is 2.12. The van der Waals surface area contributed by atoms with Crippen molar-refractivity contribution in [2.45, 2.75) is 5.75 Å². The van der Waals surface area contributed by atoms with E-state index in [1.165, 1.54) is 5.56 Å². The number of thioether (sulfide) groups is 1. The Bertz CT molecular complexity index is 1010. The van der Waals surface area contributed by atoms with Crippen molar-refractivity contribution in [3.05, 3.63) is 126 Å². The fraction of sp³-hybridized carbons (Fsp3) is 0.0385. The minimum atomic E-state index is 0.890. The predicted octanol–water partition coefficient (Wildman–Crippen LogP) is 7.77. The van der Waals surface area contributed by atoms with Crippen LogP contribution in [0, 0.1) is 0 Å². The van der Waals surface area contributed by atoms with Gasteiger partial charge in [0.15, 0.2) is 0 Å². The van der Waals surface area contributed by atoms with Crippen molar-refractivity contribution in [3.8, 4) is 0 Å². The summed E-state index contributed by atoms with van der Waals surface area (Å²) in [6, 6.07) is 39.8. The van der Waals surface area contributed by atoms with Crippen molar-refractivity contribution < 1.29 is 0 Å². The largest absolute Gasteiger partial charge is 0.311 e. The Kier molecular flexibility index (Phi) is 6.40. The first kappa shape index (κ1) is 19.4. The Morgan fingerprint density at radius 1 is 0.586 bits per heavy atom. The van der Waals surface area contributed by atoms with E-state index in [0.717, 1.165) is 32.6 Å². The molecule has 4 aromatic carbocycles. The van der Waals surface area contributed by atoms with Gasteiger partial charge in [-0.3, -0.25) is 0 Å². The summed E-state index contributed by atoms with van der Waals surface area (Å²) in [5, 5.41) is 0. The Hall–Kier alpha value is -2.88. The Morgan fingerprint density at radius 3 is 1.55 bits per heavy atom. The molecule has 0 N–H and O–H groups in total. The van der Waals surface area contributed by atoms with Crippen molar-refractivity contribution in [3.63, 3.8) is 0 Å².